The van der Waals surface area contributed by atoms with Crippen LogP contribution in [0.15, 0.2) is 30.3 Å². The van der Waals surface area contributed by atoms with Crippen molar-refractivity contribution < 1.29 is 29.4 Å². The molecule has 8 heteroatoms. The summed E-state index contributed by atoms with van der Waals surface area (Å²) in [4.78, 5) is 47.0. The van der Waals surface area contributed by atoms with Crippen molar-refractivity contribution in [1.29, 1.82) is 0 Å². The van der Waals surface area contributed by atoms with Gasteiger partial charge in [0, 0.05) is 19.3 Å². The van der Waals surface area contributed by atoms with E-state index in [9.17, 15) is 24.3 Å². The highest BCUT2D eigenvalue weighted by Crippen LogP contribution is 2.19. The zero-order valence-electron chi connectivity index (χ0n) is 13.2. The van der Waals surface area contributed by atoms with E-state index >= 15 is 0 Å². The fraction of sp³-hybridized carbons (Fsp3) is 0.375. The molecule has 0 heterocycles. The van der Waals surface area contributed by atoms with Gasteiger partial charge in [-0.05, 0) is 5.56 Å². The van der Waals surface area contributed by atoms with Crippen molar-refractivity contribution in [2.45, 2.75) is 37.8 Å². The van der Waals surface area contributed by atoms with E-state index < -0.39 is 41.6 Å². The number of ketones is 1. The van der Waals surface area contributed by atoms with Crippen LogP contribution >= 0.6 is 0 Å². The van der Waals surface area contributed by atoms with Gasteiger partial charge < -0.3 is 21.3 Å². The van der Waals surface area contributed by atoms with Crippen LogP contribution in [0.4, 0.5) is 0 Å². The van der Waals surface area contributed by atoms with Crippen LogP contribution in [0.1, 0.15) is 25.3 Å². The van der Waals surface area contributed by atoms with Crippen molar-refractivity contribution in [3.63, 3.8) is 0 Å². The summed E-state index contributed by atoms with van der Waals surface area (Å²) >= 11 is 0. The third kappa shape index (κ3) is 4.63. The highest BCUT2D eigenvalue weighted by Gasteiger charge is 2.47. The molecule has 2 atom stereocenters. The minimum absolute atomic E-state index is 0.0257. The van der Waals surface area contributed by atoms with Crippen molar-refractivity contribution in [2.75, 3.05) is 0 Å². The number of carboxylic acids is 2. The Labute approximate surface area is 138 Å². The monoisotopic (exact) mass is 336 g/mol. The van der Waals surface area contributed by atoms with E-state index in [1.54, 1.807) is 30.3 Å². The average Bonchev–Trinajstić information content (AvgIpc) is 2.54. The molecule has 0 aliphatic carbocycles. The van der Waals surface area contributed by atoms with E-state index in [2.05, 4.69) is 5.32 Å². The van der Waals surface area contributed by atoms with Crippen LogP contribution in [0.3, 0.4) is 0 Å². The first-order chi connectivity index (χ1) is 11.2. The summed E-state index contributed by atoms with van der Waals surface area (Å²) in [6.07, 6.45) is -1.04. The van der Waals surface area contributed by atoms with E-state index in [1.807, 2.05) is 0 Å². The molecule has 1 amide bonds. The van der Waals surface area contributed by atoms with Gasteiger partial charge in [0.25, 0.3) is 0 Å². The smallest absolute Gasteiger partial charge is 0.337 e. The van der Waals surface area contributed by atoms with Crippen LogP contribution < -0.4 is 11.1 Å². The number of rotatable bonds is 9. The molecule has 0 saturated heterocycles. The third-order valence-electron chi connectivity index (χ3n) is 3.55. The Bertz CT molecular complexity index is 631. The standard InChI is InChI=1S/C16H20N2O6/c1-2-13(20)18-16(15(23)24,9-10-6-4-3-5-7-10)12(19)8-11(17)14(21)22/h3-7,11H,2,8-9,17H2,1H3,(H,18,20)(H,21,22)(H,23,24)/t11-,16+/m0/s1. The van der Waals surface area contributed by atoms with Crippen LogP contribution in [0.25, 0.3) is 0 Å². The topological polar surface area (TPSA) is 147 Å². The molecule has 0 spiro atoms. The van der Waals surface area contributed by atoms with Crippen molar-refractivity contribution in [2.24, 2.45) is 5.73 Å². The van der Waals surface area contributed by atoms with Crippen LogP contribution in [0, 0.1) is 0 Å². The minimum Gasteiger partial charge on any atom is -0.480 e. The third-order valence-corrected chi connectivity index (χ3v) is 3.55. The van der Waals surface area contributed by atoms with Gasteiger partial charge in [0.1, 0.15) is 6.04 Å². The molecule has 24 heavy (non-hydrogen) atoms. The largest absolute Gasteiger partial charge is 0.480 e. The minimum atomic E-state index is -2.26. The molecule has 8 nitrogen and oxygen atoms in total. The number of benzene rings is 1. The summed E-state index contributed by atoms with van der Waals surface area (Å²) in [5, 5.41) is 20.7. The summed E-state index contributed by atoms with van der Waals surface area (Å²) in [6, 6.07) is 6.72. The molecule has 0 aliphatic heterocycles. The van der Waals surface area contributed by atoms with E-state index in [1.165, 1.54) is 6.92 Å². The van der Waals surface area contributed by atoms with Crippen molar-refractivity contribution in [3.8, 4) is 0 Å². The maximum absolute atomic E-state index is 12.5. The molecular formula is C16H20N2O6. The predicted octanol–water partition coefficient (Wildman–Crippen LogP) is -0.0502. The Balaban J connectivity index is 3.25. The predicted molar refractivity (Wildman–Crippen MR) is 84.2 cm³/mol. The maximum atomic E-state index is 12.5. The number of carboxylic acid groups (broad SMARTS) is 2. The number of carbonyl (C=O) groups excluding carboxylic acids is 2. The average molecular weight is 336 g/mol. The Hall–Kier alpha value is -2.74. The van der Waals surface area contributed by atoms with Gasteiger partial charge in [-0.3, -0.25) is 14.4 Å². The second kappa shape index (κ2) is 8.21. The van der Waals surface area contributed by atoms with Gasteiger partial charge in [0.15, 0.2) is 5.78 Å². The molecule has 0 fully saturated rings. The normalized spacial score (nSPS) is 14.2. The summed E-state index contributed by atoms with van der Waals surface area (Å²) in [6.45, 7) is 1.51. The molecular weight excluding hydrogens is 316 g/mol. The first kappa shape index (κ1) is 19.3. The number of nitrogens with one attached hydrogen (secondary N) is 1. The zero-order chi connectivity index (χ0) is 18.3. The first-order valence-corrected chi connectivity index (χ1v) is 7.33. The number of aliphatic carboxylic acids is 2. The molecule has 0 unspecified atom stereocenters. The second-order valence-corrected chi connectivity index (χ2v) is 5.35. The Morgan fingerprint density at radius 3 is 2.21 bits per heavy atom. The molecule has 130 valence electrons. The lowest BCUT2D eigenvalue weighted by atomic mass is 9.83. The SMILES string of the molecule is CCC(=O)N[C@@](Cc1ccccc1)(C(=O)O)C(=O)C[C@H](N)C(=O)O. The lowest BCUT2D eigenvalue weighted by Gasteiger charge is -2.30. The first-order valence-electron chi connectivity index (χ1n) is 7.33. The number of amides is 1. The zero-order valence-corrected chi connectivity index (χ0v) is 13.2. The van der Waals surface area contributed by atoms with Crippen LogP contribution in [0.5, 0.6) is 0 Å². The summed E-state index contributed by atoms with van der Waals surface area (Å²) in [7, 11) is 0. The summed E-state index contributed by atoms with van der Waals surface area (Å²) in [5.74, 6) is -4.58. The Kier molecular flexibility index (Phi) is 6.60. The van der Waals surface area contributed by atoms with Gasteiger partial charge in [-0.1, -0.05) is 37.3 Å². The Morgan fingerprint density at radius 2 is 1.75 bits per heavy atom. The number of carbonyl (C=O) groups is 4. The van der Waals surface area contributed by atoms with E-state index in [0.29, 0.717) is 5.56 Å². The van der Waals surface area contributed by atoms with Gasteiger partial charge in [-0.2, -0.15) is 0 Å². The molecule has 1 aromatic rings. The molecule has 0 saturated carbocycles. The number of Topliss-reactive ketones (excluding diaryl/α,β-unsaturated/α-hetero) is 1. The van der Waals surface area contributed by atoms with E-state index in [0.717, 1.165) is 0 Å². The van der Waals surface area contributed by atoms with Gasteiger partial charge >= 0.3 is 11.9 Å². The number of hydrogen-bond acceptors (Lipinski definition) is 5. The van der Waals surface area contributed by atoms with Gasteiger partial charge in [-0.15, -0.1) is 0 Å². The number of hydrogen-bond donors (Lipinski definition) is 4. The van der Waals surface area contributed by atoms with E-state index in [-0.39, 0.29) is 12.8 Å². The van der Waals surface area contributed by atoms with Crippen molar-refractivity contribution in [3.05, 3.63) is 35.9 Å². The molecule has 0 aromatic heterocycles. The van der Waals surface area contributed by atoms with Gasteiger partial charge in [0.2, 0.25) is 11.4 Å². The Morgan fingerprint density at radius 1 is 1.17 bits per heavy atom. The second-order valence-electron chi connectivity index (χ2n) is 5.35. The summed E-state index contributed by atoms with van der Waals surface area (Å²) in [5.41, 5.74) is 3.59. The molecule has 0 aliphatic rings. The van der Waals surface area contributed by atoms with Gasteiger partial charge in [-0.25, -0.2) is 4.79 Å². The molecule has 1 aromatic carbocycles. The van der Waals surface area contributed by atoms with E-state index in [4.69, 9.17) is 10.8 Å². The van der Waals surface area contributed by atoms with Crippen LogP contribution in [0.2, 0.25) is 0 Å². The molecule has 0 bridgehead atoms. The van der Waals surface area contributed by atoms with Crippen molar-refractivity contribution >= 4 is 23.6 Å². The van der Waals surface area contributed by atoms with Crippen LogP contribution in [-0.4, -0.2) is 45.4 Å². The fourth-order valence-corrected chi connectivity index (χ4v) is 2.15. The van der Waals surface area contributed by atoms with Crippen LogP contribution in [-0.2, 0) is 25.6 Å². The quantitative estimate of drug-likeness (QED) is 0.462. The lowest BCUT2D eigenvalue weighted by molar-refractivity contribution is -0.154. The lowest BCUT2D eigenvalue weighted by Crippen LogP contribution is -2.62. The highest BCUT2D eigenvalue weighted by molar-refractivity contribution is 6.11. The van der Waals surface area contributed by atoms with Crippen molar-refractivity contribution in [1.82, 2.24) is 5.32 Å². The highest BCUT2D eigenvalue weighted by atomic mass is 16.4. The molecule has 0 radical (unpaired) electrons. The fourth-order valence-electron chi connectivity index (χ4n) is 2.15. The number of nitrogens with two attached hydrogens (primary N) is 1. The van der Waals surface area contributed by atoms with Gasteiger partial charge in [0.05, 0.1) is 0 Å². The maximum Gasteiger partial charge on any atom is 0.337 e. The molecule has 5 N–H and O–H groups in total. The summed E-state index contributed by atoms with van der Waals surface area (Å²) < 4.78 is 0. The molecule has 1 rings (SSSR count).